The molecule has 17 heavy (non-hydrogen) atoms. The third-order valence-electron chi connectivity index (χ3n) is 2.81. The van der Waals surface area contributed by atoms with Crippen LogP contribution in [0.5, 0.6) is 5.75 Å². The predicted octanol–water partition coefficient (Wildman–Crippen LogP) is 4.41. The van der Waals surface area contributed by atoms with Gasteiger partial charge < -0.3 is 10.4 Å². The Labute approximate surface area is 106 Å². The molecule has 0 radical (unpaired) electrons. The van der Waals surface area contributed by atoms with Gasteiger partial charge in [-0.1, -0.05) is 23.7 Å². The van der Waals surface area contributed by atoms with Gasteiger partial charge in [0.05, 0.1) is 5.69 Å². The summed E-state index contributed by atoms with van der Waals surface area (Å²) in [5.41, 5.74) is 3.76. The average molecular weight is 248 g/mol. The van der Waals surface area contributed by atoms with Crippen LogP contribution >= 0.6 is 11.6 Å². The molecule has 0 saturated heterocycles. The van der Waals surface area contributed by atoms with Crippen LogP contribution in [0.1, 0.15) is 11.1 Å². The molecule has 0 heterocycles. The lowest BCUT2D eigenvalue weighted by atomic mass is 10.1. The van der Waals surface area contributed by atoms with Crippen LogP contribution in [0, 0.1) is 13.8 Å². The zero-order valence-electron chi connectivity index (χ0n) is 9.79. The van der Waals surface area contributed by atoms with Gasteiger partial charge >= 0.3 is 0 Å². The number of phenols is 1. The highest BCUT2D eigenvalue weighted by atomic mass is 35.5. The lowest BCUT2D eigenvalue weighted by Gasteiger charge is -2.13. The van der Waals surface area contributed by atoms with Crippen molar-refractivity contribution in [3.05, 3.63) is 52.5 Å². The van der Waals surface area contributed by atoms with Gasteiger partial charge in [0.1, 0.15) is 5.75 Å². The zero-order chi connectivity index (χ0) is 12.4. The van der Waals surface area contributed by atoms with E-state index in [0.29, 0.717) is 5.02 Å². The molecule has 3 heteroatoms. The van der Waals surface area contributed by atoms with Gasteiger partial charge in [0, 0.05) is 10.7 Å². The van der Waals surface area contributed by atoms with Crippen molar-refractivity contribution in [1.82, 2.24) is 0 Å². The van der Waals surface area contributed by atoms with Crippen LogP contribution in [0.4, 0.5) is 11.4 Å². The first kappa shape index (κ1) is 11.8. The number of phenolic OH excluding ortho intramolecular Hbond substituents is 1. The fourth-order valence-electron chi connectivity index (χ4n) is 1.67. The fourth-order valence-corrected chi connectivity index (χ4v) is 1.86. The first-order chi connectivity index (χ1) is 8.08. The van der Waals surface area contributed by atoms with Crippen molar-refractivity contribution in [2.45, 2.75) is 13.8 Å². The summed E-state index contributed by atoms with van der Waals surface area (Å²) in [5.74, 6) is 0.244. The number of hydrogen-bond acceptors (Lipinski definition) is 2. The monoisotopic (exact) mass is 247 g/mol. The Kier molecular flexibility index (Phi) is 3.25. The van der Waals surface area contributed by atoms with Crippen LogP contribution in [0.2, 0.25) is 5.02 Å². The molecule has 0 bridgehead atoms. The summed E-state index contributed by atoms with van der Waals surface area (Å²) in [7, 11) is 0. The van der Waals surface area contributed by atoms with Gasteiger partial charge in [0.2, 0.25) is 0 Å². The van der Waals surface area contributed by atoms with Crippen LogP contribution in [0.25, 0.3) is 0 Å². The molecule has 0 unspecified atom stereocenters. The van der Waals surface area contributed by atoms with Crippen molar-refractivity contribution in [1.29, 1.82) is 0 Å². The van der Waals surface area contributed by atoms with E-state index in [9.17, 15) is 5.11 Å². The standard InChI is InChI=1S/C14H14ClNO/c1-9-6-7-13(17)14(10(9)2)16-12-5-3-4-11(15)8-12/h3-8,16-17H,1-2H3. The number of hydrogen-bond donors (Lipinski definition) is 2. The third-order valence-corrected chi connectivity index (χ3v) is 3.04. The Morgan fingerprint density at radius 1 is 1.12 bits per heavy atom. The Balaban J connectivity index is 2.39. The summed E-state index contributed by atoms with van der Waals surface area (Å²) in [6, 6.07) is 11.0. The molecule has 0 spiro atoms. The predicted molar refractivity (Wildman–Crippen MR) is 72.3 cm³/mol. The largest absolute Gasteiger partial charge is 0.506 e. The molecule has 0 amide bonds. The highest BCUT2D eigenvalue weighted by Crippen LogP contribution is 2.32. The number of aromatic hydroxyl groups is 1. The topological polar surface area (TPSA) is 32.3 Å². The molecule has 0 aliphatic heterocycles. The Bertz CT molecular complexity index is 552. The molecule has 0 aliphatic carbocycles. The molecule has 0 fully saturated rings. The van der Waals surface area contributed by atoms with Gasteiger partial charge in [-0.05, 0) is 49.2 Å². The van der Waals surface area contributed by atoms with E-state index in [0.717, 1.165) is 22.5 Å². The minimum Gasteiger partial charge on any atom is -0.506 e. The van der Waals surface area contributed by atoms with Crippen LogP contribution in [-0.2, 0) is 0 Å². The van der Waals surface area contributed by atoms with Gasteiger partial charge in [0.25, 0.3) is 0 Å². The van der Waals surface area contributed by atoms with Crippen molar-refractivity contribution in [2.75, 3.05) is 5.32 Å². The molecule has 0 atom stereocenters. The van der Waals surface area contributed by atoms with E-state index in [-0.39, 0.29) is 5.75 Å². The van der Waals surface area contributed by atoms with Gasteiger partial charge in [0.15, 0.2) is 0 Å². The molecule has 2 aromatic carbocycles. The third kappa shape index (κ3) is 2.53. The highest BCUT2D eigenvalue weighted by molar-refractivity contribution is 6.30. The van der Waals surface area contributed by atoms with E-state index < -0.39 is 0 Å². The van der Waals surface area contributed by atoms with E-state index in [1.165, 1.54) is 0 Å². The fraction of sp³-hybridized carbons (Fsp3) is 0.143. The molecule has 2 aromatic rings. The van der Waals surface area contributed by atoms with Crippen molar-refractivity contribution in [2.24, 2.45) is 0 Å². The summed E-state index contributed by atoms with van der Waals surface area (Å²) in [5, 5.41) is 13.7. The van der Waals surface area contributed by atoms with E-state index >= 15 is 0 Å². The van der Waals surface area contributed by atoms with Crippen molar-refractivity contribution >= 4 is 23.0 Å². The van der Waals surface area contributed by atoms with Gasteiger partial charge in [-0.25, -0.2) is 0 Å². The normalized spacial score (nSPS) is 10.3. The highest BCUT2D eigenvalue weighted by Gasteiger charge is 2.07. The van der Waals surface area contributed by atoms with Crippen LogP contribution in [-0.4, -0.2) is 5.11 Å². The molecular formula is C14H14ClNO. The number of aryl methyl sites for hydroxylation is 1. The minimum atomic E-state index is 0.244. The smallest absolute Gasteiger partial charge is 0.139 e. The van der Waals surface area contributed by atoms with Crippen LogP contribution in [0.15, 0.2) is 36.4 Å². The maximum absolute atomic E-state index is 9.85. The second-order valence-electron chi connectivity index (χ2n) is 4.04. The lowest BCUT2D eigenvalue weighted by molar-refractivity contribution is 0.477. The van der Waals surface area contributed by atoms with Crippen LogP contribution in [0.3, 0.4) is 0 Å². The van der Waals surface area contributed by atoms with E-state index in [1.807, 2.05) is 44.2 Å². The summed E-state index contributed by atoms with van der Waals surface area (Å²) in [6.45, 7) is 3.99. The molecule has 0 aliphatic rings. The van der Waals surface area contributed by atoms with Crippen molar-refractivity contribution in [3.8, 4) is 5.75 Å². The Morgan fingerprint density at radius 3 is 2.59 bits per heavy atom. The maximum atomic E-state index is 9.85. The first-order valence-electron chi connectivity index (χ1n) is 5.39. The molecule has 2 N–H and O–H groups in total. The summed E-state index contributed by atoms with van der Waals surface area (Å²) >= 11 is 5.92. The summed E-state index contributed by atoms with van der Waals surface area (Å²) in [4.78, 5) is 0. The molecule has 0 aromatic heterocycles. The summed E-state index contributed by atoms with van der Waals surface area (Å²) in [6.07, 6.45) is 0. The molecular weight excluding hydrogens is 234 g/mol. The minimum absolute atomic E-state index is 0.244. The van der Waals surface area contributed by atoms with E-state index in [1.54, 1.807) is 6.07 Å². The number of benzene rings is 2. The Morgan fingerprint density at radius 2 is 1.88 bits per heavy atom. The number of anilines is 2. The lowest BCUT2D eigenvalue weighted by Crippen LogP contribution is -1.95. The number of halogens is 1. The van der Waals surface area contributed by atoms with Gasteiger partial charge in [-0.15, -0.1) is 0 Å². The summed E-state index contributed by atoms with van der Waals surface area (Å²) < 4.78 is 0. The molecule has 0 saturated carbocycles. The maximum Gasteiger partial charge on any atom is 0.139 e. The van der Waals surface area contributed by atoms with Crippen molar-refractivity contribution < 1.29 is 5.11 Å². The van der Waals surface area contributed by atoms with E-state index in [4.69, 9.17) is 11.6 Å². The molecule has 2 nitrogen and oxygen atoms in total. The zero-order valence-corrected chi connectivity index (χ0v) is 10.5. The number of nitrogens with one attached hydrogen (secondary N) is 1. The van der Waals surface area contributed by atoms with Gasteiger partial charge in [-0.3, -0.25) is 0 Å². The SMILES string of the molecule is Cc1ccc(O)c(Nc2cccc(Cl)c2)c1C. The Hall–Kier alpha value is -1.67. The molecule has 88 valence electrons. The van der Waals surface area contributed by atoms with E-state index in [2.05, 4.69) is 5.32 Å². The van der Waals surface area contributed by atoms with Crippen molar-refractivity contribution in [3.63, 3.8) is 0 Å². The van der Waals surface area contributed by atoms with Crippen LogP contribution < -0.4 is 5.32 Å². The van der Waals surface area contributed by atoms with Gasteiger partial charge in [-0.2, -0.15) is 0 Å². The molecule has 2 rings (SSSR count). The number of rotatable bonds is 2. The second-order valence-corrected chi connectivity index (χ2v) is 4.47. The quantitative estimate of drug-likeness (QED) is 0.771. The average Bonchev–Trinajstić information content (AvgIpc) is 2.30. The first-order valence-corrected chi connectivity index (χ1v) is 5.77. The second kappa shape index (κ2) is 4.68.